The largest absolute Gasteiger partial charge is 0.508 e. The maximum atomic E-state index is 13.5. The fourth-order valence-corrected chi connectivity index (χ4v) is 2.08. The molecule has 0 aliphatic carbocycles. The third-order valence-electron chi connectivity index (χ3n) is 2.38. The molecule has 0 saturated heterocycles. The lowest BCUT2D eigenvalue weighted by molar-refractivity contribution is 0.102. The van der Waals surface area contributed by atoms with E-state index in [0.29, 0.717) is 9.26 Å². The van der Waals surface area contributed by atoms with Gasteiger partial charge in [-0.25, -0.2) is 8.78 Å². The first kappa shape index (κ1) is 13.7. The molecule has 98 valence electrons. The van der Waals surface area contributed by atoms with Gasteiger partial charge in [0.2, 0.25) is 0 Å². The molecule has 2 aromatic rings. The van der Waals surface area contributed by atoms with E-state index in [-0.39, 0.29) is 11.3 Å². The third-order valence-corrected chi connectivity index (χ3v) is 3.27. The van der Waals surface area contributed by atoms with E-state index < -0.39 is 17.5 Å². The summed E-state index contributed by atoms with van der Waals surface area (Å²) >= 11 is 1.86. The lowest BCUT2D eigenvalue weighted by Gasteiger charge is -2.08. The number of anilines is 1. The standard InChI is InChI=1S/C13H8F2INO2/c14-7-1-4-12(11(16)5-7)17-13(19)9-3-2-8(18)6-10(9)15/h1-6,18H,(H,17,19). The molecule has 19 heavy (non-hydrogen) atoms. The molecule has 0 aromatic heterocycles. The van der Waals surface area contributed by atoms with Crippen molar-refractivity contribution < 1.29 is 18.7 Å². The minimum absolute atomic E-state index is 0.196. The van der Waals surface area contributed by atoms with E-state index in [1.54, 1.807) is 0 Å². The molecular weight excluding hydrogens is 367 g/mol. The number of phenolic OH excluding ortho intramolecular Hbond substituents is 1. The number of amides is 1. The van der Waals surface area contributed by atoms with Crippen LogP contribution in [0.1, 0.15) is 10.4 Å². The molecule has 0 spiro atoms. The van der Waals surface area contributed by atoms with E-state index in [9.17, 15) is 13.6 Å². The summed E-state index contributed by atoms with van der Waals surface area (Å²) in [4.78, 5) is 11.9. The van der Waals surface area contributed by atoms with Gasteiger partial charge < -0.3 is 10.4 Å². The minimum atomic E-state index is -0.824. The summed E-state index contributed by atoms with van der Waals surface area (Å²) in [5.74, 6) is -2.17. The second kappa shape index (κ2) is 5.52. The summed E-state index contributed by atoms with van der Waals surface area (Å²) in [5, 5.41) is 11.5. The van der Waals surface area contributed by atoms with Crippen LogP contribution in [-0.2, 0) is 0 Å². The Balaban J connectivity index is 2.25. The third kappa shape index (κ3) is 3.19. The van der Waals surface area contributed by atoms with Crippen LogP contribution in [0, 0.1) is 15.2 Å². The van der Waals surface area contributed by atoms with Gasteiger partial charge >= 0.3 is 0 Å². The van der Waals surface area contributed by atoms with Crippen LogP contribution in [0.25, 0.3) is 0 Å². The second-order valence-electron chi connectivity index (χ2n) is 3.74. The zero-order valence-electron chi connectivity index (χ0n) is 9.45. The van der Waals surface area contributed by atoms with Gasteiger partial charge in [-0.2, -0.15) is 0 Å². The maximum Gasteiger partial charge on any atom is 0.258 e. The van der Waals surface area contributed by atoms with Crippen molar-refractivity contribution in [3.8, 4) is 5.75 Å². The SMILES string of the molecule is O=C(Nc1ccc(F)cc1I)c1ccc(O)cc1F. The Morgan fingerprint density at radius 2 is 1.89 bits per heavy atom. The van der Waals surface area contributed by atoms with Crippen molar-refractivity contribution in [2.75, 3.05) is 5.32 Å². The number of benzene rings is 2. The van der Waals surface area contributed by atoms with Crippen LogP contribution in [0.3, 0.4) is 0 Å². The van der Waals surface area contributed by atoms with E-state index in [2.05, 4.69) is 5.32 Å². The highest BCUT2D eigenvalue weighted by Gasteiger charge is 2.13. The summed E-state index contributed by atoms with van der Waals surface area (Å²) in [5.41, 5.74) is 0.192. The summed E-state index contributed by atoms with van der Waals surface area (Å²) in [6.45, 7) is 0. The molecule has 0 atom stereocenters. The molecule has 2 rings (SSSR count). The Bertz CT molecular complexity index is 647. The molecule has 0 unspecified atom stereocenters. The number of hydrogen-bond donors (Lipinski definition) is 2. The Labute approximate surface area is 121 Å². The van der Waals surface area contributed by atoms with Crippen LogP contribution in [0.2, 0.25) is 0 Å². The zero-order chi connectivity index (χ0) is 14.0. The number of nitrogens with one attached hydrogen (secondary N) is 1. The molecule has 1 amide bonds. The molecule has 0 heterocycles. The van der Waals surface area contributed by atoms with E-state index in [1.165, 1.54) is 30.3 Å². The molecule has 0 bridgehead atoms. The number of aromatic hydroxyl groups is 1. The maximum absolute atomic E-state index is 13.5. The minimum Gasteiger partial charge on any atom is -0.508 e. The topological polar surface area (TPSA) is 49.3 Å². The van der Waals surface area contributed by atoms with Gasteiger partial charge in [-0.3, -0.25) is 4.79 Å². The van der Waals surface area contributed by atoms with Crippen LogP contribution in [-0.4, -0.2) is 11.0 Å². The van der Waals surface area contributed by atoms with Crippen molar-refractivity contribution in [1.82, 2.24) is 0 Å². The van der Waals surface area contributed by atoms with Crippen LogP contribution in [0.15, 0.2) is 36.4 Å². The van der Waals surface area contributed by atoms with Gasteiger partial charge in [-0.1, -0.05) is 0 Å². The zero-order valence-corrected chi connectivity index (χ0v) is 11.6. The van der Waals surface area contributed by atoms with Gasteiger partial charge in [0, 0.05) is 9.64 Å². The molecule has 2 N–H and O–H groups in total. The normalized spacial score (nSPS) is 10.3. The lowest BCUT2D eigenvalue weighted by Crippen LogP contribution is -2.14. The van der Waals surface area contributed by atoms with E-state index >= 15 is 0 Å². The van der Waals surface area contributed by atoms with Crippen LogP contribution in [0.4, 0.5) is 14.5 Å². The van der Waals surface area contributed by atoms with Gasteiger partial charge in [-0.15, -0.1) is 0 Å². The number of phenols is 1. The fourth-order valence-electron chi connectivity index (χ4n) is 1.47. The summed E-state index contributed by atoms with van der Waals surface area (Å²) in [7, 11) is 0. The smallest absolute Gasteiger partial charge is 0.258 e. The molecule has 0 radical (unpaired) electrons. The number of carbonyl (C=O) groups is 1. The van der Waals surface area contributed by atoms with E-state index in [0.717, 1.165) is 6.07 Å². The molecule has 0 fully saturated rings. The van der Waals surface area contributed by atoms with Crippen LogP contribution in [0.5, 0.6) is 5.75 Å². The van der Waals surface area contributed by atoms with Crippen molar-refractivity contribution in [1.29, 1.82) is 0 Å². The van der Waals surface area contributed by atoms with Gasteiger partial charge in [0.15, 0.2) is 0 Å². The first-order valence-electron chi connectivity index (χ1n) is 5.22. The highest BCUT2D eigenvalue weighted by molar-refractivity contribution is 14.1. The fraction of sp³-hybridized carbons (Fsp3) is 0. The molecule has 6 heteroatoms. The molecule has 0 saturated carbocycles. The van der Waals surface area contributed by atoms with E-state index in [1.807, 2.05) is 22.6 Å². The average molecular weight is 375 g/mol. The molecule has 0 aliphatic heterocycles. The molecule has 0 aliphatic rings. The number of halogens is 3. The van der Waals surface area contributed by atoms with Gasteiger partial charge in [-0.05, 0) is 52.9 Å². The number of rotatable bonds is 2. The van der Waals surface area contributed by atoms with Gasteiger partial charge in [0.25, 0.3) is 5.91 Å². The quantitative estimate of drug-likeness (QED) is 0.790. The number of hydrogen-bond acceptors (Lipinski definition) is 2. The predicted molar refractivity (Wildman–Crippen MR) is 75.1 cm³/mol. The van der Waals surface area contributed by atoms with Crippen molar-refractivity contribution in [2.24, 2.45) is 0 Å². The molecule has 3 nitrogen and oxygen atoms in total. The molecular formula is C13H8F2INO2. The van der Waals surface area contributed by atoms with Crippen molar-refractivity contribution in [3.63, 3.8) is 0 Å². The highest BCUT2D eigenvalue weighted by Crippen LogP contribution is 2.21. The van der Waals surface area contributed by atoms with Gasteiger partial charge in [0.05, 0.1) is 11.3 Å². The highest BCUT2D eigenvalue weighted by atomic mass is 127. The first-order valence-corrected chi connectivity index (χ1v) is 6.30. The lowest BCUT2D eigenvalue weighted by atomic mass is 10.2. The van der Waals surface area contributed by atoms with Crippen molar-refractivity contribution in [2.45, 2.75) is 0 Å². The first-order chi connectivity index (χ1) is 8.97. The Kier molecular flexibility index (Phi) is 3.98. The van der Waals surface area contributed by atoms with Crippen LogP contribution < -0.4 is 5.32 Å². The van der Waals surface area contributed by atoms with Gasteiger partial charge in [0.1, 0.15) is 17.4 Å². The number of carbonyl (C=O) groups excluding carboxylic acids is 1. The summed E-state index contributed by atoms with van der Waals surface area (Å²) in [6.07, 6.45) is 0. The Morgan fingerprint density at radius 3 is 2.53 bits per heavy atom. The van der Waals surface area contributed by atoms with E-state index in [4.69, 9.17) is 5.11 Å². The second-order valence-corrected chi connectivity index (χ2v) is 4.90. The summed E-state index contributed by atoms with van der Waals surface area (Å²) in [6, 6.07) is 7.09. The van der Waals surface area contributed by atoms with Crippen LogP contribution >= 0.6 is 22.6 Å². The average Bonchev–Trinajstić information content (AvgIpc) is 2.32. The predicted octanol–water partition coefficient (Wildman–Crippen LogP) is 3.53. The van der Waals surface area contributed by atoms with Crippen molar-refractivity contribution in [3.05, 3.63) is 57.2 Å². The Hall–Kier alpha value is -1.70. The molecule has 2 aromatic carbocycles. The van der Waals surface area contributed by atoms with Crippen molar-refractivity contribution >= 4 is 34.2 Å². The summed E-state index contributed by atoms with van der Waals surface area (Å²) < 4.78 is 26.9. The monoisotopic (exact) mass is 375 g/mol. The Morgan fingerprint density at radius 1 is 1.16 bits per heavy atom.